The van der Waals surface area contributed by atoms with E-state index < -0.39 is 0 Å². The largest absolute Gasteiger partial charge is 0.330 e. The first kappa shape index (κ1) is 15.9. The summed E-state index contributed by atoms with van der Waals surface area (Å²) in [4.78, 5) is 5.21. The summed E-state index contributed by atoms with van der Waals surface area (Å²) in [6, 6.07) is 0. The summed E-state index contributed by atoms with van der Waals surface area (Å²) in [7, 11) is 0. The van der Waals surface area contributed by atoms with Gasteiger partial charge >= 0.3 is 0 Å². The van der Waals surface area contributed by atoms with Gasteiger partial charge < -0.3 is 15.5 Å². The predicted octanol–water partition coefficient (Wildman–Crippen LogP) is 2.17. The summed E-state index contributed by atoms with van der Waals surface area (Å²) in [5.41, 5.74) is 6.10. The molecule has 0 aromatic heterocycles. The highest BCUT2D eigenvalue weighted by molar-refractivity contribution is 4.75. The van der Waals surface area contributed by atoms with Gasteiger partial charge in [0, 0.05) is 6.54 Å². The number of likely N-dealkylation sites (tertiary alicyclic amines) is 1. The molecule has 1 saturated heterocycles. The Morgan fingerprint density at radius 2 is 1.83 bits per heavy atom. The van der Waals surface area contributed by atoms with Crippen LogP contribution in [-0.2, 0) is 0 Å². The molecule has 1 aliphatic rings. The third-order valence-electron chi connectivity index (χ3n) is 3.89. The van der Waals surface area contributed by atoms with Crippen LogP contribution in [0.25, 0.3) is 0 Å². The predicted molar refractivity (Wildman–Crippen MR) is 79.9 cm³/mol. The van der Waals surface area contributed by atoms with Crippen LogP contribution < -0.4 is 5.73 Å². The monoisotopic (exact) mass is 255 g/mol. The quantitative estimate of drug-likeness (QED) is 0.685. The van der Waals surface area contributed by atoms with Crippen LogP contribution >= 0.6 is 0 Å². The van der Waals surface area contributed by atoms with Crippen LogP contribution in [0.15, 0.2) is 0 Å². The first-order valence-electron chi connectivity index (χ1n) is 7.72. The summed E-state index contributed by atoms with van der Waals surface area (Å²) in [6.45, 7) is 15.1. The Labute approximate surface area is 114 Å². The van der Waals surface area contributed by atoms with Gasteiger partial charge in [-0.1, -0.05) is 20.8 Å². The number of nitrogens with two attached hydrogens (primary N) is 1. The van der Waals surface area contributed by atoms with E-state index in [0.29, 0.717) is 0 Å². The van der Waals surface area contributed by atoms with E-state index in [1.54, 1.807) is 0 Å². The minimum absolute atomic E-state index is 0.253. The van der Waals surface area contributed by atoms with Gasteiger partial charge in [0.25, 0.3) is 0 Å². The van der Waals surface area contributed by atoms with Crippen LogP contribution in [0.4, 0.5) is 0 Å². The lowest BCUT2D eigenvalue weighted by molar-refractivity contribution is 0.173. The molecule has 1 rings (SSSR count). The molecule has 0 aliphatic carbocycles. The van der Waals surface area contributed by atoms with Crippen molar-refractivity contribution in [1.29, 1.82) is 0 Å². The molecule has 0 spiro atoms. The molecule has 0 radical (unpaired) electrons. The second-order valence-corrected chi connectivity index (χ2v) is 6.55. The van der Waals surface area contributed by atoms with Gasteiger partial charge in [-0.2, -0.15) is 0 Å². The number of hydrogen-bond donors (Lipinski definition) is 1. The maximum Gasteiger partial charge on any atom is 0.00448 e. The van der Waals surface area contributed by atoms with Gasteiger partial charge in [-0.15, -0.1) is 0 Å². The number of nitrogens with zero attached hydrogens (tertiary/aromatic N) is 2. The molecule has 0 unspecified atom stereocenters. The molecule has 0 atom stereocenters. The van der Waals surface area contributed by atoms with Crippen molar-refractivity contribution in [3.63, 3.8) is 0 Å². The van der Waals surface area contributed by atoms with Gasteiger partial charge in [0.2, 0.25) is 0 Å². The van der Waals surface area contributed by atoms with Crippen LogP contribution in [0.1, 0.15) is 46.5 Å². The van der Waals surface area contributed by atoms with Crippen LogP contribution in [0, 0.1) is 5.41 Å². The van der Waals surface area contributed by atoms with E-state index in [2.05, 4.69) is 30.6 Å². The lowest BCUT2D eigenvalue weighted by Gasteiger charge is -2.32. The molecule has 2 N–H and O–H groups in total. The zero-order valence-corrected chi connectivity index (χ0v) is 12.7. The summed E-state index contributed by atoms with van der Waals surface area (Å²) in [5, 5.41) is 0. The highest BCUT2D eigenvalue weighted by atomic mass is 15.2. The summed E-state index contributed by atoms with van der Waals surface area (Å²) < 4.78 is 0. The Morgan fingerprint density at radius 1 is 1.17 bits per heavy atom. The SMILES string of the molecule is CCCN(CCCN1CCCC1)CC(C)(C)CN. The van der Waals surface area contributed by atoms with Gasteiger partial charge in [-0.25, -0.2) is 0 Å². The van der Waals surface area contributed by atoms with Crippen molar-refractivity contribution in [2.24, 2.45) is 11.1 Å². The molecule has 0 saturated carbocycles. The second kappa shape index (κ2) is 8.13. The fourth-order valence-electron chi connectivity index (χ4n) is 2.78. The first-order chi connectivity index (χ1) is 8.57. The Morgan fingerprint density at radius 3 is 2.39 bits per heavy atom. The van der Waals surface area contributed by atoms with Crippen molar-refractivity contribution in [2.45, 2.75) is 46.5 Å². The molecule has 3 heteroatoms. The molecule has 1 fully saturated rings. The molecule has 0 amide bonds. The fourth-order valence-corrected chi connectivity index (χ4v) is 2.78. The third kappa shape index (κ3) is 6.17. The summed E-state index contributed by atoms with van der Waals surface area (Å²) in [6.07, 6.45) is 5.35. The zero-order chi connectivity index (χ0) is 13.4. The maximum absolute atomic E-state index is 5.84. The van der Waals surface area contributed by atoms with Crippen LogP contribution in [0.3, 0.4) is 0 Å². The normalized spacial score (nSPS) is 17.8. The Balaban J connectivity index is 2.23. The first-order valence-corrected chi connectivity index (χ1v) is 7.72. The number of rotatable bonds is 9. The highest BCUT2D eigenvalue weighted by Crippen LogP contribution is 2.15. The highest BCUT2D eigenvalue weighted by Gasteiger charge is 2.20. The molecule has 18 heavy (non-hydrogen) atoms. The third-order valence-corrected chi connectivity index (χ3v) is 3.89. The van der Waals surface area contributed by atoms with Crippen LogP contribution in [-0.4, -0.2) is 55.6 Å². The summed E-state index contributed by atoms with van der Waals surface area (Å²) >= 11 is 0. The zero-order valence-electron chi connectivity index (χ0n) is 12.7. The van der Waals surface area contributed by atoms with Crippen molar-refractivity contribution in [3.05, 3.63) is 0 Å². The molecule has 0 bridgehead atoms. The second-order valence-electron chi connectivity index (χ2n) is 6.55. The lowest BCUT2D eigenvalue weighted by Crippen LogP contribution is -2.40. The smallest absolute Gasteiger partial charge is 0.00448 e. The van der Waals surface area contributed by atoms with Gasteiger partial charge in [-0.3, -0.25) is 0 Å². The standard InChI is InChI=1S/C15H33N3/c1-4-8-18(14-15(2,3)13-16)12-7-11-17-9-5-6-10-17/h4-14,16H2,1-3H3. The number of hydrogen-bond acceptors (Lipinski definition) is 3. The van der Waals surface area contributed by atoms with Crippen molar-refractivity contribution in [3.8, 4) is 0 Å². The summed E-state index contributed by atoms with van der Waals surface area (Å²) in [5.74, 6) is 0. The molecule has 1 heterocycles. The Bertz CT molecular complexity index is 210. The minimum atomic E-state index is 0.253. The van der Waals surface area contributed by atoms with Crippen LogP contribution in [0.5, 0.6) is 0 Å². The van der Waals surface area contributed by atoms with E-state index in [-0.39, 0.29) is 5.41 Å². The van der Waals surface area contributed by atoms with E-state index in [4.69, 9.17) is 5.73 Å². The van der Waals surface area contributed by atoms with E-state index >= 15 is 0 Å². The lowest BCUT2D eigenvalue weighted by atomic mass is 9.93. The van der Waals surface area contributed by atoms with Gasteiger partial charge in [0.05, 0.1) is 0 Å². The fraction of sp³-hybridized carbons (Fsp3) is 1.00. The average Bonchev–Trinajstić information content (AvgIpc) is 2.82. The van der Waals surface area contributed by atoms with Crippen molar-refractivity contribution in [2.75, 3.05) is 45.8 Å². The molecule has 0 aromatic rings. The average molecular weight is 255 g/mol. The van der Waals surface area contributed by atoms with Gasteiger partial charge in [0.15, 0.2) is 0 Å². The van der Waals surface area contributed by atoms with Crippen LogP contribution in [0.2, 0.25) is 0 Å². The van der Waals surface area contributed by atoms with Gasteiger partial charge in [-0.05, 0) is 70.4 Å². The minimum Gasteiger partial charge on any atom is -0.330 e. The van der Waals surface area contributed by atoms with E-state index in [0.717, 1.165) is 13.1 Å². The molecule has 3 nitrogen and oxygen atoms in total. The van der Waals surface area contributed by atoms with E-state index in [1.807, 2.05) is 0 Å². The van der Waals surface area contributed by atoms with Gasteiger partial charge in [0.1, 0.15) is 0 Å². The topological polar surface area (TPSA) is 32.5 Å². The Kier molecular flexibility index (Phi) is 7.20. The molecular weight excluding hydrogens is 222 g/mol. The Hall–Kier alpha value is -0.120. The molecule has 1 aliphatic heterocycles. The van der Waals surface area contributed by atoms with Crippen molar-refractivity contribution in [1.82, 2.24) is 9.80 Å². The molecule has 108 valence electrons. The molecule has 0 aromatic carbocycles. The van der Waals surface area contributed by atoms with E-state index in [1.165, 1.54) is 58.4 Å². The molecular formula is C15H33N3. The van der Waals surface area contributed by atoms with Crippen molar-refractivity contribution < 1.29 is 0 Å². The maximum atomic E-state index is 5.84. The van der Waals surface area contributed by atoms with Crippen molar-refractivity contribution >= 4 is 0 Å². The van der Waals surface area contributed by atoms with E-state index in [9.17, 15) is 0 Å².